The molecule has 0 unspecified atom stereocenters. The predicted molar refractivity (Wildman–Crippen MR) is 88.2 cm³/mol. The summed E-state index contributed by atoms with van der Waals surface area (Å²) in [5, 5.41) is 3.14. The summed E-state index contributed by atoms with van der Waals surface area (Å²) in [7, 11) is -3.79. The minimum absolute atomic E-state index is 0. The first-order valence-electron chi connectivity index (χ1n) is 7.22. The summed E-state index contributed by atoms with van der Waals surface area (Å²) in [5.74, 6) is -0.568. The molecule has 23 heavy (non-hydrogen) atoms. The van der Waals surface area contributed by atoms with Crippen molar-refractivity contribution in [2.45, 2.75) is 35.8 Å². The first-order chi connectivity index (χ1) is 10.4. The molecule has 0 amide bonds. The first kappa shape index (κ1) is 18.9. The zero-order valence-electron chi connectivity index (χ0n) is 12.3. The lowest BCUT2D eigenvalue weighted by Gasteiger charge is -2.32. The molecule has 130 valence electrons. The summed E-state index contributed by atoms with van der Waals surface area (Å²) in [5.41, 5.74) is -0.231. The van der Waals surface area contributed by atoms with E-state index in [1.807, 2.05) is 0 Å². The maximum Gasteiger partial charge on any atom is 0.242 e. The summed E-state index contributed by atoms with van der Waals surface area (Å²) in [6.07, 6.45) is 2.40. The van der Waals surface area contributed by atoms with Crippen LogP contribution in [-0.2, 0) is 14.8 Å². The quantitative estimate of drug-likeness (QED) is 0.836. The van der Waals surface area contributed by atoms with E-state index in [0.717, 1.165) is 38.1 Å². The van der Waals surface area contributed by atoms with Crippen LogP contribution in [0, 0.1) is 5.82 Å². The van der Waals surface area contributed by atoms with Crippen LogP contribution in [0.3, 0.4) is 0 Å². The van der Waals surface area contributed by atoms with Gasteiger partial charge in [0, 0.05) is 6.04 Å². The third kappa shape index (κ3) is 4.15. The zero-order valence-corrected chi connectivity index (χ0v) is 14.7. The number of halogens is 3. The minimum Gasteiger partial charge on any atom is -0.373 e. The molecule has 0 radical (unpaired) electrons. The molecule has 0 aliphatic carbocycles. The molecular weight excluding hydrogens is 366 g/mol. The van der Waals surface area contributed by atoms with Crippen molar-refractivity contribution in [3.05, 3.63) is 29.0 Å². The third-order valence-electron chi connectivity index (χ3n) is 4.23. The Bertz CT molecular complexity index is 666. The van der Waals surface area contributed by atoms with Crippen LogP contribution in [0.15, 0.2) is 23.1 Å². The molecule has 2 fully saturated rings. The Morgan fingerprint density at radius 3 is 2.70 bits per heavy atom. The molecule has 1 aromatic carbocycles. The van der Waals surface area contributed by atoms with E-state index in [4.69, 9.17) is 16.3 Å². The van der Waals surface area contributed by atoms with Crippen LogP contribution < -0.4 is 10.0 Å². The van der Waals surface area contributed by atoms with Gasteiger partial charge in [-0.05, 0) is 50.6 Å². The number of benzene rings is 1. The van der Waals surface area contributed by atoms with Crippen LogP contribution in [0.25, 0.3) is 0 Å². The van der Waals surface area contributed by atoms with Crippen molar-refractivity contribution in [3.63, 3.8) is 0 Å². The molecule has 0 bridgehead atoms. The third-order valence-corrected chi connectivity index (χ3v) is 6.23. The van der Waals surface area contributed by atoms with Gasteiger partial charge in [0.15, 0.2) is 0 Å². The van der Waals surface area contributed by atoms with Gasteiger partial charge in [0.2, 0.25) is 10.0 Å². The number of nitrogens with one attached hydrogen (secondary N) is 2. The monoisotopic (exact) mass is 384 g/mol. The molecule has 1 spiro atoms. The summed E-state index contributed by atoms with van der Waals surface area (Å²) in [6, 6.07) is 2.97. The van der Waals surface area contributed by atoms with Gasteiger partial charge < -0.3 is 10.1 Å². The molecule has 1 atom stereocenters. The maximum absolute atomic E-state index is 13.1. The van der Waals surface area contributed by atoms with Gasteiger partial charge >= 0.3 is 0 Å². The van der Waals surface area contributed by atoms with Crippen molar-refractivity contribution in [1.82, 2.24) is 10.0 Å². The minimum atomic E-state index is -3.79. The lowest BCUT2D eigenvalue weighted by molar-refractivity contribution is -0.0193. The fraction of sp³-hybridized carbons (Fsp3) is 0.571. The molecule has 9 heteroatoms. The Kier molecular flexibility index (Phi) is 5.92. The highest BCUT2D eigenvalue weighted by Gasteiger charge is 2.42. The van der Waals surface area contributed by atoms with Gasteiger partial charge in [-0.3, -0.25) is 0 Å². The molecular formula is C14H19Cl2FN2O3S. The van der Waals surface area contributed by atoms with Gasteiger partial charge in [-0.25, -0.2) is 17.5 Å². The molecule has 2 aliphatic rings. The van der Waals surface area contributed by atoms with Gasteiger partial charge in [0.1, 0.15) is 10.7 Å². The highest BCUT2D eigenvalue weighted by atomic mass is 35.5. The molecule has 2 aliphatic heterocycles. The van der Waals surface area contributed by atoms with E-state index in [0.29, 0.717) is 13.0 Å². The summed E-state index contributed by atoms with van der Waals surface area (Å²) in [6.45, 7) is 2.10. The van der Waals surface area contributed by atoms with Crippen LogP contribution in [-0.4, -0.2) is 39.8 Å². The highest BCUT2D eigenvalue weighted by molar-refractivity contribution is 7.89. The second-order valence-corrected chi connectivity index (χ2v) is 7.93. The Labute approximate surface area is 146 Å². The van der Waals surface area contributed by atoms with Crippen molar-refractivity contribution >= 4 is 34.0 Å². The standard InChI is InChI=1S/C14H18ClFN2O3S.ClH/c15-12-7-10(16)1-2-13(12)22(19,20)18-11-8-14(21-9-11)3-5-17-6-4-14;/h1-2,7,11,17-18H,3-6,8-9H2;1H/t11-;/m1./s1. The van der Waals surface area contributed by atoms with Gasteiger partial charge in [-0.2, -0.15) is 0 Å². The molecule has 2 heterocycles. The molecule has 5 nitrogen and oxygen atoms in total. The van der Waals surface area contributed by atoms with E-state index in [2.05, 4.69) is 10.0 Å². The van der Waals surface area contributed by atoms with E-state index in [9.17, 15) is 12.8 Å². The van der Waals surface area contributed by atoms with Gasteiger partial charge in [-0.1, -0.05) is 11.6 Å². The molecule has 0 aromatic heterocycles. The Morgan fingerprint density at radius 2 is 2.04 bits per heavy atom. The number of ether oxygens (including phenoxy) is 1. The fourth-order valence-corrected chi connectivity index (χ4v) is 4.88. The Morgan fingerprint density at radius 1 is 1.35 bits per heavy atom. The molecule has 3 rings (SSSR count). The average Bonchev–Trinajstić information content (AvgIpc) is 2.80. The van der Waals surface area contributed by atoms with E-state index in [1.165, 1.54) is 6.07 Å². The van der Waals surface area contributed by atoms with Crippen LogP contribution in [0.1, 0.15) is 19.3 Å². The van der Waals surface area contributed by atoms with Crippen molar-refractivity contribution in [1.29, 1.82) is 0 Å². The van der Waals surface area contributed by atoms with E-state index < -0.39 is 15.8 Å². The molecule has 2 saturated heterocycles. The van der Waals surface area contributed by atoms with Crippen molar-refractivity contribution in [2.24, 2.45) is 0 Å². The summed E-state index contributed by atoms with van der Waals surface area (Å²) < 4.78 is 46.4. The lowest BCUT2D eigenvalue weighted by atomic mass is 9.88. The normalized spacial score (nSPS) is 23.7. The largest absolute Gasteiger partial charge is 0.373 e. The number of piperidine rings is 1. The van der Waals surface area contributed by atoms with Crippen molar-refractivity contribution < 1.29 is 17.5 Å². The van der Waals surface area contributed by atoms with Gasteiger partial charge in [0.25, 0.3) is 0 Å². The number of hydrogen-bond acceptors (Lipinski definition) is 4. The smallest absolute Gasteiger partial charge is 0.242 e. The second-order valence-electron chi connectivity index (χ2n) is 5.84. The first-order valence-corrected chi connectivity index (χ1v) is 9.08. The Balaban J connectivity index is 0.00000192. The Hall–Kier alpha value is -0.440. The summed E-state index contributed by atoms with van der Waals surface area (Å²) >= 11 is 5.84. The number of hydrogen-bond donors (Lipinski definition) is 2. The van der Waals surface area contributed by atoms with Crippen molar-refractivity contribution in [3.8, 4) is 0 Å². The van der Waals surface area contributed by atoms with E-state index >= 15 is 0 Å². The SMILES string of the molecule is Cl.O=S(=O)(N[C@H]1COC2(CCNCC2)C1)c1ccc(F)cc1Cl. The lowest BCUT2D eigenvalue weighted by Crippen LogP contribution is -2.43. The molecule has 0 saturated carbocycles. The van der Waals surface area contributed by atoms with Crippen LogP contribution in [0.4, 0.5) is 4.39 Å². The van der Waals surface area contributed by atoms with Crippen LogP contribution in [0.5, 0.6) is 0 Å². The molecule has 1 aromatic rings. The summed E-state index contributed by atoms with van der Waals surface area (Å²) in [4.78, 5) is -0.109. The van der Waals surface area contributed by atoms with E-state index in [1.54, 1.807) is 0 Å². The highest BCUT2D eigenvalue weighted by Crippen LogP contribution is 2.34. The average molecular weight is 385 g/mol. The number of rotatable bonds is 3. The van der Waals surface area contributed by atoms with Crippen LogP contribution >= 0.6 is 24.0 Å². The van der Waals surface area contributed by atoms with Gasteiger partial charge in [-0.15, -0.1) is 12.4 Å². The van der Waals surface area contributed by atoms with E-state index in [-0.39, 0.29) is 34.0 Å². The second kappa shape index (κ2) is 7.21. The van der Waals surface area contributed by atoms with Crippen LogP contribution in [0.2, 0.25) is 5.02 Å². The van der Waals surface area contributed by atoms with Crippen molar-refractivity contribution in [2.75, 3.05) is 19.7 Å². The topological polar surface area (TPSA) is 67.4 Å². The number of sulfonamides is 1. The van der Waals surface area contributed by atoms with Gasteiger partial charge in [0.05, 0.1) is 17.2 Å². The fourth-order valence-electron chi connectivity index (χ4n) is 3.13. The molecule has 2 N–H and O–H groups in total. The predicted octanol–water partition coefficient (Wildman–Crippen LogP) is 2.09. The maximum atomic E-state index is 13.1. The zero-order chi connectivity index (χ0) is 15.8.